The van der Waals surface area contributed by atoms with Gasteiger partial charge in [0.25, 0.3) is 0 Å². The molecule has 22 heavy (non-hydrogen) atoms. The number of hydrogen-bond donors (Lipinski definition) is 1. The Balaban J connectivity index is 1.76. The smallest absolute Gasteiger partial charge is 0.149 e. The summed E-state index contributed by atoms with van der Waals surface area (Å²) in [6, 6.07) is 14.8. The summed E-state index contributed by atoms with van der Waals surface area (Å²) in [7, 11) is 1.67. The second-order valence-corrected chi connectivity index (χ2v) is 4.98. The lowest BCUT2D eigenvalue weighted by atomic mass is 10.1. The summed E-state index contributed by atoms with van der Waals surface area (Å²) in [5.74, 6) is 0.584. The van der Waals surface area contributed by atoms with Crippen LogP contribution < -0.4 is 10.1 Å². The van der Waals surface area contributed by atoms with Crippen molar-refractivity contribution >= 4 is 16.6 Å². The summed E-state index contributed by atoms with van der Waals surface area (Å²) in [5.41, 5.74) is 2.42. The standard InChI is InChI=1S/C18H17FN2O/c1-22-17-8-3-2-5-13(17)9-11-20-16-10-12-21-18-14(16)6-4-7-15(18)19/h2-8,10,12H,9,11H2,1H3,(H,20,21). The lowest BCUT2D eigenvalue weighted by Crippen LogP contribution is -2.06. The van der Waals surface area contributed by atoms with E-state index in [0.29, 0.717) is 5.52 Å². The van der Waals surface area contributed by atoms with Crippen molar-refractivity contribution in [2.75, 3.05) is 19.0 Å². The maximum atomic E-state index is 13.7. The minimum absolute atomic E-state index is 0.300. The van der Waals surface area contributed by atoms with E-state index in [-0.39, 0.29) is 5.82 Å². The molecule has 0 unspecified atom stereocenters. The summed E-state index contributed by atoms with van der Waals surface area (Å²) in [5, 5.41) is 4.15. The highest BCUT2D eigenvalue weighted by Crippen LogP contribution is 2.24. The summed E-state index contributed by atoms with van der Waals surface area (Å²) in [4.78, 5) is 4.10. The molecule has 0 amide bonds. The van der Waals surface area contributed by atoms with Crippen molar-refractivity contribution in [2.45, 2.75) is 6.42 Å². The van der Waals surface area contributed by atoms with Gasteiger partial charge in [0.1, 0.15) is 17.1 Å². The number of fused-ring (bicyclic) bond motifs is 1. The van der Waals surface area contributed by atoms with E-state index in [4.69, 9.17) is 4.74 Å². The number of pyridine rings is 1. The highest BCUT2D eigenvalue weighted by Gasteiger charge is 2.06. The molecule has 1 heterocycles. The van der Waals surface area contributed by atoms with E-state index in [9.17, 15) is 4.39 Å². The summed E-state index contributed by atoms with van der Waals surface area (Å²) in [6.45, 7) is 0.732. The van der Waals surface area contributed by atoms with Crippen LogP contribution >= 0.6 is 0 Å². The van der Waals surface area contributed by atoms with Crippen LogP contribution in [0, 0.1) is 5.82 Å². The second kappa shape index (κ2) is 6.43. The lowest BCUT2D eigenvalue weighted by molar-refractivity contribution is 0.410. The normalized spacial score (nSPS) is 10.6. The van der Waals surface area contributed by atoms with Crippen molar-refractivity contribution in [3.05, 3.63) is 66.1 Å². The molecule has 4 heteroatoms. The van der Waals surface area contributed by atoms with Crippen molar-refractivity contribution in [1.29, 1.82) is 0 Å². The van der Waals surface area contributed by atoms with Crippen LogP contribution in [0.5, 0.6) is 5.75 Å². The van der Waals surface area contributed by atoms with Gasteiger partial charge < -0.3 is 10.1 Å². The predicted molar refractivity (Wildman–Crippen MR) is 86.9 cm³/mol. The van der Waals surface area contributed by atoms with Gasteiger partial charge in [-0.3, -0.25) is 4.98 Å². The predicted octanol–water partition coefficient (Wildman–Crippen LogP) is 4.04. The van der Waals surface area contributed by atoms with E-state index in [1.165, 1.54) is 6.07 Å². The average molecular weight is 296 g/mol. The first kappa shape index (κ1) is 14.3. The summed E-state index contributed by atoms with van der Waals surface area (Å²) < 4.78 is 19.1. The van der Waals surface area contributed by atoms with Crippen LogP contribution in [-0.2, 0) is 6.42 Å². The molecular formula is C18H17FN2O. The quantitative estimate of drug-likeness (QED) is 0.771. The number of methoxy groups -OCH3 is 1. The zero-order valence-electron chi connectivity index (χ0n) is 12.3. The molecule has 0 atom stereocenters. The van der Waals surface area contributed by atoms with Crippen LogP contribution in [0.15, 0.2) is 54.7 Å². The van der Waals surface area contributed by atoms with E-state index in [2.05, 4.69) is 10.3 Å². The SMILES string of the molecule is COc1ccccc1CCNc1ccnc2c(F)cccc12. The third-order valence-corrected chi connectivity index (χ3v) is 3.62. The molecular weight excluding hydrogens is 279 g/mol. The number of hydrogen-bond acceptors (Lipinski definition) is 3. The Morgan fingerprint density at radius 2 is 1.95 bits per heavy atom. The zero-order chi connectivity index (χ0) is 15.4. The second-order valence-electron chi connectivity index (χ2n) is 4.98. The number of halogens is 1. The Morgan fingerprint density at radius 3 is 2.82 bits per heavy atom. The molecule has 3 nitrogen and oxygen atoms in total. The number of rotatable bonds is 5. The van der Waals surface area contributed by atoms with E-state index < -0.39 is 0 Å². The van der Waals surface area contributed by atoms with E-state index >= 15 is 0 Å². The molecule has 0 aliphatic heterocycles. The Kier molecular flexibility index (Phi) is 4.19. The van der Waals surface area contributed by atoms with Crippen molar-refractivity contribution in [3.63, 3.8) is 0 Å². The van der Waals surface area contributed by atoms with Gasteiger partial charge in [0.2, 0.25) is 0 Å². The maximum Gasteiger partial charge on any atom is 0.149 e. The highest BCUT2D eigenvalue weighted by atomic mass is 19.1. The highest BCUT2D eigenvalue weighted by molar-refractivity contribution is 5.91. The zero-order valence-corrected chi connectivity index (χ0v) is 12.3. The minimum Gasteiger partial charge on any atom is -0.496 e. The number of benzene rings is 2. The van der Waals surface area contributed by atoms with Gasteiger partial charge in [-0.2, -0.15) is 0 Å². The van der Waals surface area contributed by atoms with Crippen LogP contribution in [0.25, 0.3) is 10.9 Å². The van der Waals surface area contributed by atoms with Gasteiger partial charge in [-0.15, -0.1) is 0 Å². The molecule has 3 aromatic rings. The molecule has 3 rings (SSSR count). The van der Waals surface area contributed by atoms with Crippen molar-refractivity contribution in [1.82, 2.24) is 4.98 Å². The molecule has 0 aliphatic rings. The third-order valence-electron chi connectivity index (χ3n) is 3.62. The van der Waals surface area contributed by atoms with E-state index in [0.717, 1.165) is 35.4 Å². The van der Waals surface area contributed by atoms with Gasteiger partial charge in [-0.1, -0.05) is 30.3 Å². The van der Waals surface area contributed by atoms with Gasteiger partial charge in [0, 0.05) is 23.8 Å². The van der Waals surface area contributed by atoms with Gasteiger partial charge in [-0.25, -0.2) is 4.39 Å². The maximum absolute atomic E-state index is 13.7. The molecule has 1 aromatic heterocycles. The molecule has 0 aliphatic carbocycles. The van der Waals surface area contributed by atoms with Crippen LogP contribution in [0.3, 0.4) is 0 Å². The molecule has 112 valence electrons. The first-order valence-corrected chi connectivity index (χ1v) is 7.18. The fraction of sp³-hybridized carbons (Fsp3) is 0.167. The molecule has 0 bridgehead atoms. The average Bonchev–Trinajstić information content (AvgIpc) is 2.56. The minimum atomic E-state index is -0.300. The number of nitrogens with one attached hydrogen (secondary N) is 1. The van der Waals surface area contributed by atoms with Gasteiger partial charge >= 0.3 is 0 Å². The molecule has 1 N–H and O–H groups in total. The monoisotopic (exact) mass is 296 g/mol. The van der Waals surface area contributed by atoms with Crippen LogP contribution in [0.2, 0.25) is 0 Å². The fourth-order valence-electron chi connectivity index (χ4n) is 2.54. The largest absolute Gasteiger partial charge is 0.496 e. The Bertz CT molecular complexity index is 789. The van der Waals surface area contributed by atoms with E-state index in [1.807, 2.05) is 36.4 Å². The van der Waals surface area contributed by atoms with Crippen molar-refractivity contribution < 1.29 is 9.13 Å². The lowest BCUT2D eigenvalue weighted by Gasteiger charge is -2.11. The Hall–Kier alpha value is -2.62. The van der Waals surface area contributed by atoms with Crippen molar-refractivity contribution in [3.8, 4) is 5.75 Å². The van der Waals surface area contributed by atoms with E-state index in [1.54, 1.807) is 19.4 Å². The Morgan fingerprint density at radius 1 is 1.09 bits per heavy atom. The van der Waals surface area contributed by atoms with Gasteiger partial charge in [-0.05, 0) is 30.2 Å². The van der Waals surface area contributed by atoms with Crippen molar-refractivity contribution in [2.24, 2.45) is 0 Å². The molecule has 0 spiro atoms. The molecule has 0 fully saturated rings. The number of para-hydroxylation sites is 2. The Labute approximate surface area is 128 Å². The molecule has 0 saturated carbocycles. The topological polar surface area (TPSA) is 34.1 Å². The molecule has 0 radical (unpaired) electrons. The third kappa shape index (κ3) is 2.86. The van der Waals surface area contributed by atoms with Gasteiger partial charge in [0.15, 0.2) is 0 Å². The summed E-state index contributed by atoms with van der Waals surface area (Å²) >= 11 is 0. The van der Waals surface area contributed by atoms with Crippen LogP contribution in [0.1, 0.15) is 5.56 Å². The molecule has 0 saturated heterocycles. The van der Waals surface area contributed by atoms with Gasteiger partial charge in [0.05, 0.1) is 7.11 Å². The number of ether oxygens (including phenoxy) is 1. The number of nitrogens with zero attached hydrogens (tertiary/aromatic N) is 1. The van der Waals surface area contributed by atoms with Crippen LogP contribution in [-0.4, -0.2) is 18.6 Å². The van der Waals surface area contributed by atoms with Crippen LogP contribution in [0.4, 0.5) is 10.1 Å². The first-order chi connectivity index (χ1) is 10.8. The number of anilines is 1. The fourth-order valence-corrected chi connectivity index (χ4v) is 2.54. The number of aromatic nitrogens is 1. The first-order valence-electron chi connectivity index (χ1n) is 7.18. The molecule has 2 aromatic carbocycles. The summed E-state index contributed by atoms with van der Waals surface area (Å²) in [6.07, 6.45) is 2.44.